The van der Waals surface area contributed by atoms with Crippen molar-refractivity contribution in [1.82, 2.24) is 36.5 Å². The van der Waals surface area contributed by atoms with Crippen LogP contribution in [-0.2, 0) is 44.8 Å². The summed E-state index contributed by atoms with van der Waals surface area (Å²) in [6.07, 6.45) is 3.19. The molecule has 2 aromatic rings. The second kappa shape index (κ2) is 21.1. The Hall–Kier alpha value is -4.82. The van der Waals surface area contributed by atoms with Gasteiger partial charge in [0, 0.05) is 48.0 Å². The third kappa shape index (κ3) is 14.0. The number of carbonyl (C=O) groups is 8. The summed E-state index contributed by atoms with van der Waals surface area (Å²) >= 11 is 0. The summed E-state index contributed by atoms with van der Waals surface area (Å²) in [5.74, 6) is -5.92. The van der Waals surface area contributed by atoms with Gasteiger partial charge in [0.1, 0.15) is 30.2 Å². The molecular formula is C37H54N9O9S2+. The van der Waals surface area contributed by atoms with Gasteiger partial charge < -0.3 is 51.8 Å². The largest absolute Gasteiger partial charge is 0.481 e. The zero-order chi connectivity index (χ0) is 41.7. The fourth-order valence-electron chi connectivity index (χ4n) is 6.66. The van der Waals surface area contributed by atoms with Gasteiger partial charge in [0.25, 0.3) is 0 Å². The van der Waals surface area contributed by atoms with Crippen LogP contribution in [0.5, 0.6) is 0 Å². The Bertz CT molecular complexity index is 1800. The first-order valence-electron chi connectivity index (χ1n) is 18.9. The Kier molecular flexibility index (Phi) is 16.6. The molecule has 2 aliphatic heterocycles. The number of carbonyl (C=O) groups excluding carboxylic acids is 7. The second-order valence-electron chi connectivity index (χ2n) is 15.2. The van der Waals surface area contributed by atoms with Crippen molar-refractivity contribution in [1.29, 1.82) is 0 Å². The van der Waals surface area contributed by atoms with Gasteiger partial charge in [-0.15, -0.1) is 0 Å². The van der Waals surface area contributed by atoms with Crippen molar-refractivity contribution in [3.63, 3.8) is 0 Å². The zero-order valence-corrected chi connectivity index (χ0v) is 34.1. The van der Waals surface area contributed by atoms with Crippen molar-refractivity contribution in [2.75, 3.05) is 52.3 Å². The Balaban J connectivity index is 1.62. The summed E-state index contributed by atoms with van der Waals surface area (Å²) in [6.45, 7) is 0.366. The minimum Gasteiger partial charge on any atom is -0.481 e. The zero-order valence-electron chi connectivity index (χ0n) is 32.5. The molecule has 2 aliphatic rings. The van der Waals surface area contributed by atoms with Crippen molar-refractivity contribution in [2.24, 2.45) is 5.73 Å². The molecule has 1 aromatic carbocycles. The van der Waals surface area contributed by atoms with Crippen LogP contribution in [0.25, 0.3) is 10.9 Å². The maximum absolute atomic E-state index is 14.3. The van der Waals surface area contributed by atoms with Crippen LogP contribution >= 0.6 is 21.6 Å². The van der Waals surface area contributed by atoms with Gasteiger partial charge in [-0.05, 0) is 43.7 Å². The molecule has 18 nitrogen and oxygen atoms in total. The van der Waals surface area contributed by atoms with Crippen molar-refractivity contribution in [2.45, 2.75) is 81.6 Å². The third-order valence-corrected chi connectivity index (χ3v) is 12.0. The highest BCUT2D eigenvalue weighted by molar-refractivity contribution is 8.76. The highest BCUT2D eigenvalue weighted by Gasteiger charge is 2.40. The van der Waals surface area contributed by atoms with Gasteiger partial charge in [0.05, 0.1) is 40.7 Å². The molecule has 0 saturated carbocycles. The summed E-state index contributed by atoms with van der Waals surface area (Å²) in [4.78, 5) is 110. The van der Waals surface area contributed by atoms with E-state index >= 15 is 0 Å². The van der Waals surface area contributed by atoms with E-state index in [1.54, 1.807) is 6.20 Å². The number of carboxylic acid groups (broad SMARTS) is 1. The number of amides is 7. The van der Waals surface area contributed by atoms with Gasteiger partial charge in [0.2, 0.25) is 41.4 Å². The quantitative estimate of drug-likeness (QED) is 0.0850. The number of aromatic nitrogens is 1. The Morgan fingerprint density at radius 2 is 1.63 bits per heavy atom. The molecular weight excluding hydrogens is 779 g/mol. The monoisotopic (exact) mass is 832 g/mol. The number of unbranched alkanes of at least 4 members (excludes halogenated alkanes) is 1. The number of quaternary nitrogens is 1. The molecule has 4 rings (SSSR count). The number of nitrogens with one attached hydrogen (secondary N) is 6. The van der Waals surface area contributed by atoms with E-state index in [9.17, 15) is 43.5 Å². The maximum Gasteiger partial charge on any atom is 0.305 e. The van der Waals surface area contributed by atoms with Gasteiger partial charge >= 0.3 is 5.97 Å². The maximum atomic E-state index is 14.3. The van der Waals surface area contributed by atoms with Crippen LogP contribution in [0.15, 0.2) is 30.5 Å². The van der Waals surface area contributed by atoms with E-state index in [1.807, 2.05) is 45.4 Å². The minimum atomic E-state index is -1.65. The predicted molar refractivity (Wildman–Crippen MR) is 215 cm³/mol. The number of rotatable bonds is 10. The molecule has 2 saturated heterocycles. The number of carboxylic acids is 1. The topological polar surface area (TPSA) is 262 Å². The van der Waals surface area contributed by atoms with Gasteiger partial charge in [-0.3, -0.25) is 38.4 Å². The number of primary amides is 1. The van der Waals surface area contributed by atoms with Crippen LogP contribution < -0.4 is 32.3 Å². The summed E-state index contributed by atoms with van der Waals surface area (Å²) in [7, 11) is 8.62. The first kappa shape index (κ1) is 44.9. The molecule has 20 heteroatoms. The number of hydrogen-bond donors (Lipinski definition) is 8. The molecule has 7 amide bonds. The molecule has 3 heterocycles. The van der Waals surface area contributed by atoms with E-state index < -0.39 is 90.5 Å². The highest BCUT2D eigenvalue weighted by Crippen LogP contribution is 2.25. The normalized spacial score (nSPS) is 24.1. The number of benzene rings is 1. The van der Waals surface area contributed by atoms with Gasteiger partial charge in [0.15, 0.2) is 0 Å². The van der Waals surface area contributed by atoms with E-state index in [1.165, 1.54) is 26.5 Å². The third-order valence-electron chi connectivity index (χ3n) is 9.62. The van der Waals surface area contributed by atoms with Crippen LogP contribution in [0.2, 0.25) is 0 Å². The van der Waals surface area contributed by atoms with E-state index in [2.05, 4.69) is 31.6 Å². The fourth-order valence-corrected chi connectivity index (χ4v) is 8.83. The van der Waals surface area contributed by atoms with E-state index in [0.29, 0.717) is 28.6 Å². The number of aliphatic carboxylic acids is 1. The average Bonchev–Trinajstić information content (AvgIpc) is 3.80. The molecule has 312 valence electrons. The molecule has 0 spiro atoms. The number of para-hydroxylation sites is 1. The molecule has 1 unspecified atom stereocenters. The molecule has 57 heavy (non-hydrogen) atoms. The molecule has 1 aromatic heterocycles. The number of nitrogens with zero attached hydrogens (tertiary/aromatic N) is 2. The van der Waals surface area contributed by atoms with Crippen LogP contribution in [-0.4, -0.2) is 149 Å². The molecule has 0 radical (unpaired) electrons. The molecule has 2 fully saturated rings. The summed E-state index contributed by atoms with van der Waals surface area (Å²) in [5, 5.41) is 23.4. The minimum absolute atomic E-state index is 0.0270. The number of nitrogens with two attached hydrogens (primary N) is 1. The Labute approximate surface area is 338 Å². The lowest BCUT2D eigenvalue weighted by molar-refractivity contribution is -0.870. The van der Waals surface area contributed by atoms with E-state index in [-0.39, 0.29) is 38.0 Å². The fraction of sp³-hybridized carbons (Fsp3) is 0.568. The SMILES string of the molecule is C[N+](C)(C)CCCC[C@@H]1NC(=O)CCSSCC(C(N)=O)NC(=O)[C@@H]2CCCN2C(=O)[C@H](Cc2c[nH]c3ccccc23)NC(=O)[C@H](CC(=O)O)NC(=O)CNC1=O. The van der Waals surface area contributed by atoms with Crippen LogP contribution in [0.4, 0.5) is 0 Å². The molecule has 0 bridgehead atoms. The standard InChI is InChI=1S/C37H53N9O9S2/c1-46(2,3)15-7-6-11-25-34(52)40-20-31(48)42-26(18-32(49)50)35(53)43-27(17-22-19-39-24-10-5-4-9-23(22)24)37(55)45-14-8-12-29(45)36(54)44-28(33(38)51)21-57-56-16-13-30(47)41-25/h4-5,9-10,19,25-29,39H,6-8,11-18,20-21H2,1-3H3,(H7-,38,40,41,42,43,44,47,48,49,50,51,52,53,54)/p+1/t25-,26-,27-,28?,29-/m0/s1. The lowest BCUT2D eigenvalue weighted by atomic mass is 10.0. The Morgan fingerprint density at radius 1 is 0.895 bits per heavy atom. The molecule has 9 N–H and O–H groups in total. The van der Waals surface area contributed by atoms with Crippen LogP contribution in [0.3, 0.4) is 0 Å². The van der Waals surface area contributed by atoms with E-state index in [0.717, 1.165) is 23.9 Å². The van der Waals surface area contributed by atoms with Gasteiger partial charge in [-0.1, -0.05) is 39.8 Å². The predicted octanol–water partition coefficient (Wildman–Crippen LogP) is -0.622. The molecule has 0 aliphatic carbocycles. The lowest BCUT2D eigenvalue weighted by Gasteiger charge is -2.30. The number of aromatic amines is 1. The number of H-pyrrole nitrogens is 1. The number of hydrogen-bond acceptors (Lipinski definition) is 10. The van der Waals surface area contributed by atoms with Crippen molar-refractivity contribution in [3.8, 4) is 0 Å². The Morgan fingerprint density at radius 3 is 2.35 bits per heavy atom. The van der Waals surface area contributed by atoms with Crippen LogP contribution in [0, 0.1) is 0 Å². The van der Waals surface area contributed by atoms with E-state index in [4.69, 9.17) is 5.73 Å². The summed E-state index contributed by atoms with van der Waals surface area (Å²) < 4.78 is 0.709. The number of fused-ring (bicyclic) bond motifs is 2. The molecule has 5 atom stereocenters. The van der Waals surface area contributed by atoms with Gasteiger partial charge in [-0.25, -0.2) is 0 Å². The van der Waals surface area contributed by atoms with Crippen molar-refractivity contribution >= 4 is 79.8 Å². The second-order valence-corrected chi connectivity index (χ2v) is 17.8. The van der Waals surface area contributed by atoms with Crippen molar-refractivity contribution < 1.29 is 47.9 Å². The summed E-state index contributed by atoms with van der Waals surface area (Å²) in [5.41, 5.74) is 7.08. The van der Waals surface area contributed by atoms with Crippen LogP contribution in [0.1, 0.15) is 50.5 Å². The van der Waals surface area contributed by atoms with Gasteiger partial charge in [-0.2, -0.15) is 0 Å². The smallest absolute Gasteiger partial charge is 0.305 e. The lowest BCUT2D eigenvalue weighted by Crippen LogP contribution is -2.59. The first-order chi connectivity index (χ1) is 27.0. The van der Waals surface area contributed by atoms with Crippen molar-refractivity contribution in [3.05, 3.63) is 36.0 Å². The highest BCUT2D eigenvalue weighted by atomic mass is 33.1. The summed E-state index contributed by atoms with van der Waals surface area (Å²) in [6, 6.07) is 1.29. The first-order valence-corrected chi connectivity index (χ1v) is 21.4. The average molecular weight is 833 g/mol.